The monoisotopic (exact) mass is 380 g/mol. The lowest BCUT2D eigenvalue weighted by Gasteiger charge is -2.23. The van der Waals surface area contributed by atoms with Crippen molar-refractivity contribution in [1.82, 2.24) is 4.72 Å². The van der Waals surface area contributed by atoms with Crippen LogP contribution in [0.15, 0.2) is 47.4 Å². The van der Waals surface area contributed by atoms with Crippen molar-refractivity contribution < 1.29 is 13.2 Å². The van der Waals surface area contributed by atoms with E-state index in [0.29, 0.717) is 10.7 Å². The number of hydrogen-bond donors (Lipinski definition) is 1. The zero-order chi connectivity index (χ0) is 18.6. The molecule has 1 amide bonds. The van der Waals surface area contributed by atoms with Gasteiger partial charge in [0.05, 0.1) is 4.90 Å². The van der Waals surface area contributed by atoms with Gasteiger partial charge in [-0.2, -0.15) is 0 Å². The number of anilines is 1. The third kappa shape index (κ3) is 5.04. The molecule has 0 radical (unpaired) electrons. The van der Waals surface area contributed by atoms with E-state index in [1.54, 1.807) is 30.3 Å². The van der Waals surface area contributed by atoms with Crippen LogP contribution in [0.3, 0.4) is 0 Å². The lowest BCUT2D eigenvalue weighted by molar-refractivity contribution is -0.116. The summed E-state index contributed by atoms with van der Waals surface area (Å²) in [7, 11) is -3.62. The number of carbonyl (C=O) groups is 1. The van der Waals surface area contributed by atoms with Gasteiger partial charge in [-0.3, -0.25) is 4.79 Å². The first-order valence-corrected chi connectivity index (χ1v) is 9.67. The van der Waals surface area contributed by atoms with Crippen LogP contribution in [-0.2, 0) is 14.8 Å². The Hall–Kier alpha value is -1.89. The van der Waals surface area contributed by atoms with Crippen LogP contribution in [-0.4, -0.2) is 27.4 Å². The van der Waals surface area contributed by atoms with Crippen LogP contribution >= 0.6 is 11.6 Å². The maximum atomic E-state index is 12.4. The largest absolute Gasteiger partial charge is 0.311 e. The molecule has 0 atom stereocenters. The molecule has 2 aromatic carbocycles. The molecule has 0 saturated heterocycles. The number of sulfonamides is 1. The molecule has 5 nitrogen and oxygen atoms in total. The standard InChI is InChI=1S/C18H21ClN2O3S/c1-13-5-4-6-17(11-13)25(23,24)20-9-10-21(15(3)22)18-12-16(19)8-7-14(18)2/h4-8,11-12,20H,9-10H2,1-3H3. The van der Waals surface area contributed by atoms with Gasteiger partial charge >= 0.3 is 0 Å². The van der Waals surface area contributed by atoms with Crippen molar-refractivity contribution in [2.75, 3.05) is 18.0 Å². The molecule has 0 unspecified atom stereocenters. The molecule has 1 N–H and O–H groups in total. The molecule has 25 heavy (non-hydrogen) atoms. The molecule has 0 aromatic heterocycles. The number of aryl methyl sites for hydroxylation is 2. The molecule has 0 bridgehead atoms. The van der Waals surface area contributed by atoms with Crippen LogP contribution in [0.2, 0.25) is 5.02 Å². The van der Waals surface area contributed by atoms with Crippen molar-refractivity contribution in [2.24, 2.45) is 0 Å². The molecule has 0 fully saturated rings. The highest BCUT2D eigenvalue weighted by molar-refractivity contribution is 7.89. The second-order valence-corrected chi connectivity index (χ2v) is 8.02. The molecule has 0 saturated carbocycles. The summed E-state index contributed by atoms with van der Waals surface area (Å²) in [4.78, 5) is 13.7. The second-order valence-electron chi connectivity index (χ2n) is 5.82. The molecule has 0 aliphatic heterocycles. The van der Waals surface area contributed by atoms with Gasteiger partial charge in [0.15, 0.2) is 0 Å². The summed E-state index contributed by atoms with van der Waals surface area (Å²) in [5.74, 6) is -0.180. The van der Waals surface area contributed by atoms with E-state index in [9.17, 15) is 13.2 Å². The summed E-state index contributed by atoms with van der Waals surface area (Å²) >= 11 is 6.02. The second kappa shape index (κ2) is 7.99. The topological polar surface area (TPSA) is 66.5 Å². The van der Waals surface area contributed by atoms with Gasteiger partial charge in [-0.05, 0) is 49.2 Å². The van der Waals surface area contributed by atoms with E-state index in [1.807, 2.05) is 26.0 Å². The molecule has 0 spiro atoms. The summed E-state index contributed by atoms with van der Waals surface area (Å²) in [6.07, 6.45) is 0. The maximum Gasteiger partial charge on any atom is 0.240 e. The SMILES string of the molecule is CC(=O)N(CCNS(=O)(=O)c1cccc(C)c1)c1cc(Cl)ccc1C. The minimum atomic E-state index is -3.62. The van der Waals surface area contributed by atoms with Crippen molar-refractivity contribution in [3.8, 4) is 0 Å². The number of amides is 1. The fraction of sp³-hybridized carbons (Fsp3) is 0.278. The Morgan fingerprint density at radius 3 is 2.52 bits per heavy atom. The molecule has 2 aromatic rings. The molecule has 0 aliphatic rings. The van der Waals surface area contributed by atoms with Crippen LogP contribution in [0.4, 0.5) is 5.69 Å². The lowest BCUT2D eigenvalue weighted by atomic mass is 10.2. The zero-order valence-corrected chi connectivity index (χ0v) is 16.0. The normalized spacial score (nSPS) is 11.4. The van der Waals surface area contributed by atoms with Crippen LogP contribution in [0.1, 0.15) is 18.1 Å². The first kappa shape index (κ1) is 19.4. The maximum absolute atomic E-state index is 12.4. The van der Waals surface area contributed by atoms with Crippen molar-refractivity contribution in [1.29, 1.82) is 0 Å². The van der Waals surface area contributed by atoms with E-state index < -0.39 is 10.0 Å². The number of benzene rings is 2. The van der Waals surface area contributed by atoms with Crippen molar-refractivity contribution in [3.05, 3.63) is 58.6 Å². The minimum absolute atomic E-state index is 0.0990. The number of rotatable bonds is 6. The van der Waals surface area contributed by atoms with E-state index in [4.69, 9.17) is 11.6 Å². The van der Waals surface area contributed by atoms with Crippen LogP contribution in [0.25, 0.3) is 0 Å². The van der Waals surface area contributed by atoms with Crippen molar-refractivity contribution >= 4 is 33.2 Å². The smallest absolute Gasteiger partial charge is 0.240 e. The molecule has 2 rings (SSSR count). The van der Waals surface area contributed by atoms with E-state index in [0.717, 1.165) is 11.1 Å². The van der Waals surface area contributed by atoms with Crippen molar-refractivity contribution in [2.45, 2.75) is 25.7 Å². The summed E-state index contributed by atoms with van der Waals surface area (Å²) in [6, 6.07) is 11.9. The fourth-order valence-corrected chi connectivity index (χ4v) is 3.77. The quantitative estimate of drug-likeness (QED) is 0.836. The predicted molar refractivity (Wildman–Crippen MR) is 101 cm³/mol. The fourth-order valence-electron chi connectivity index (χ4n) is 2.48. The van der Waals surface area contributed by atoms with E-state index >= 15 is 0 Å². The predicted octanol–water partition coefficient (Wildman–Crippen LogP) is 3.29. The highest BCUT2D eigenvalue weighted by atomic mass is 35.5. The minimum Gasteiger partial charge on any atom is -0.311 e. The number of nitrogens with zero attached hydrogens (tertiary/aromatic N) is 1. The van der Waals surface area contributed by atoms with E-state index in [1.165, 1.54) is 11.8 Å². The first-order chi connectivity index (χ1) is 11.7. The molecule has 7 heteroatoms. The molecular weight excluding hydrogens is 360 g/mol. The number of halogens is 1. The van der Waals surface area contributed by atoms with Gasteiger partial charge in [0, 0.05) is 30.7 Å². The number of hydrogen-bond acceptors (Lipinski definition) is 3. The van der Waals surface area contributed by atoms with Gasteiger partial charge in [0.25, 0.3) is 0 Å². The van der Waals surface area contributed by atoms with Gasteiger partial charge < -0.3 is 4.90 Å². The average Bonchev–Trinajstić information content (AvgIpc) is 2.54. The summed E-state index contributed by atoms with van der Waals surface area (Å²) in [6.45, 7) is 5.45. The summed E-state index contributed by atoms with van der Waals surface area (Å²) < 4.78 is 27.3. The third-order valence-corrected chi connectivity index (χ3v) is 5.46. The molecule has 0 heterocycles. The summed E-state index contributed by atoms with van der Waals surface area (Å²) in [5, 5.41) is 0.521. The van der Waals surface area contributed by atoms with Gasteiger partial charge in [0.1, 0.15) is 0 Å². The van der Waals surface area contributed by atoms with Crippen LogP contribution in [0.5, 0.6) is 0 Å². The van der Waals surface area contributed by atoms with Gasteiger partial charge in [0.2, 0.25) is 15.9 Å². The van der Waals surface area contributed by atoms with E-state index in [2.05, 4.69) is 4.72 Å². The number of carbonyl (C=O) groups excluding carboxylic acids is 1. The van der Waals surface area contributed by atoms with E-state index in [-0.39, 0.29) is 23.9 Å². The van der Waals surface area contributed by atoms with Crippen molar-refractivity contribution in [3.63, 3.8) is 0 Å². The summed E-state index contributed by atoms with van der Waals surface area (Å²) in [5.41, 5.74) is 2.43. The Labute approximate surface area is 153 Å². The average molecular weight is 381 g/mol. The Bertz CT molecular complexity index is 882. The van der Waals surface area contributed by atoms with Crippen LogP contribution < -0.4 is 9.62 Å². The highest BCUT2D eigenvalue weighted by Gasteiger charge is 2.17. The van der Waals surface area contributed by atoms with Gasteiger partial charge in [-0.15, -0.1) is 0 Å². The lowest BCUT2D eigenvalue weighted by Crippen LogP contribution is -2.37. The Balaban J connectivity index is 2.12. The third-order valence-electron chi connectivity index (χ3n) is 3.77. The van der Waals surface area contributed by atoms with Crippen LogP contribution in [0, 0.1) is 13.8 Å². The Kier molecular flexibility index (Phi) is 6.21. The number of nitrogens with one attached hydrogen (secondary N) is 1. The molecule has 134 valence electrons. The molecular formula is C18H21ClN2O3S. The first-order valence-electron chi connectivity index (χ1n) is 7.81. The van der Waals surface area contributed by atoms with Gasteiger partial charge in [-0.25, -0.2) is 13.1 Å². The Morgan fingerprint density at radius 2 is 1.88 bits per heavy atom. The highest BCUT2D eigenvalue weighted by Crippen LogP contribution is 2.24. The molecule has 0 aliphatic carbocycles. The zero-order valence-electron chi connectivity index (χ0n) is 14.4. The Morgan fingerprint density at radius 1 is 1.16 bits per heavy atom. The van der Waals surface area contributed by atoms with Gasteiger partial charge in [-0.1, -0.05) is 29.8 Å².